The van der Waals surface area contributed by atoms with E-state index in [1.807, 2.05) is 21.1 Å². The monoisotopic (exact) mass is 204 g/mol. The lowest BCUT2D eigenvalue weighted by molar-refractivity contribution is -0.903. The first kappa shape index (κ1) is 10.3. The van der Waals surface area contributed by atoms with Gasteiger partial charge >= 0.3 is 0 Å². The first-order valence-electron chi connectivity index (χ1n) is 4.85. The molecule has 0 aliphatic carbocycles. The van der Waals surface area contributed by atoms with Crippen LogP contribution < -0.4 is 0 Å². The van der Waals surface area contributed by atoms with Crippen LogP contribution in [0.25, 0.3) is 0 Å². The van der Waals surface area contributed by atoms with Crippen LogP contribution in [0, 0.1) is 0 Å². The third-order valence-corrected chi connectivity index (χ3v) is 2.98. The summed E-state index contributed by atoms with van der Waals surface area (Å²) >= 11 is 0. The molecule has 0 spiro atoms. The van der Waals surface area contributed by atoms with Crippen molar-refractivity contribution in [2.75, 3.05) is 27.7 Å². The zero-order valence-corrected chi connectivity index (χ0v) is 8.75. The second-order valence-corrected chi connectivity index (χ2v) is 4.96. The van der Waals surface area contributed by atoms with E-state index in [2.05, 4.69) is 0 Å². The molecule has 0 saturated carbocycles. The number of likely N-dealkylation sites (N-methyl/N-ethyl adjacent to an activating group) is 1. The van der Waals surface area contributed by atoms with Crippen LogP contribution in [-0.4, -0.2) is 73.1 Å². The first-order chi connectivity index (χ1) is 6.41. The van der Waals surface area contributed by atoms with Gasteiger partial charge in [0.05, 0.1) is 27.7 Å². The lowest BCUT2D eigenvalue weighted by Gasteiger charge is -2.34. The fraction of sp³-hybridized carbons (Fsp3) is 1.00. The topological polar surface area (TPSA) is 58.9 Å². The van der Waals surface area contributed by atoms with Gasteiger partial charge in [-0.3, -0.25) is 0 Å². The standard InChI is InChI=1S/C9H18NO4/c1-10(2,3)6-8-7(14-9(6)12)5(11)4-13-8/h5-9,11-12H,4H2,1-3H3/q+1/t5?,6-,7-,8-,9?/m1/s1. The Labute approximate surface area is 83.4 Å². The molecule has 5 atom stereocenters. The van der Waals surface area contributed by atoms with Crippen LogP contribution in [0.3, 0.4) is 0 Å². The van der Waals surface area contributed by atoms with Crippen LogP contribution in [0.5, 0.6) is 0 Å². The van der Waals surface area contributed by atoms with E-state index in [1.54, 1.807) is 0 Å². The second-order valence-electron chi connectivity index (χ2n) is 4.96. The molecule has 2 saturated heterocycles. The SMILES string of the molecule is C[N+](C)(C)[C@H]1C(O)O[C@@H]2C(O)CO[C@@H]21. The van der Waals surface area contributed by atoms with Crippen LogP contribution in [0.15, 0.2) is 0 Å². The van der Waals surface area contributed by atoms with Gasteiger partial charge in [0.2, 0.25) is 6.29 Å². The number of rotatable bonds is 1. The molecule has 14 heavy (non-hydrogen) atoms. The number of hydrogen-bond acceptors (Lipinski definition) is 4. The highest BCUT2D eigenvalue weighted by Crippen LogP contribution is 2.34. The summed E-state index contributed by atoms with van der Waals surface area (Å²) in [4.78, 5) is 0. The molecule has 2 aliphatic heterocycles. The summed E-state index contributed by atoms with van der Waals surface area (Å²) in [7, 11) is 5.94. The lowest BCUT2D eigenvalue weighted by atomic mass is 10.1. The number of quaternary nitrogens is 1. The van der Waals surface area contributed by atoms with E-state index in [9.17, 15) is 10.2 Å². The highest BCUT2D eigenvalue weighted by molar-refractivity contribution is 4.96. The van der Waals surface area contributed by atoms with Crippen molar-refractivity contribution < 1.29 is 24.2 Å². The average molecular weight is 204 g/mol. The predicted octanol–water partition coefficient (Wildman–Crippen LogP) is -1.46. The van der Waals surface area contributed by atoms with E-state index in [0.717, 1.165) is 0 Å². The van der Waals surface area contributed by atoms with Gasteiger partial charge in [0.15, 0.2) is 6.04 Å². The highest BCUT2D eigenvalue weighted by Gasteiger charge is 2.57. The maximum atomic E-state index is 9.72. The van der Waals surface area contributed by atoms with Gasteiger partial charge in [-0.2, -0.15) is 0 Å². The predicted molar refractivity (Wildman–Crippen MR) is 48.4 cm³/mol. The Hall–Kier alpha value is -0.200. The molecule has 0 aromatic heterocycles. The lowest BCUT2D eigenvalue weighted by Crippen LogP contribution is -2.55. The number of aliphatic hydroxyl groups excluding tert-OH is 2. The minimum atomic E-state index is -0.847. The van der Waals surface area contributed by atoms with Crippen molar-refractivity contribution in [3.63, 3.8) is 0 Å². The Kier molecular flexibility index (Phi) is 2.32. The van der Waals surface area contributed by atoms with E-state index < -0.39 is 12.4 Å². The van der Waals surface area contributed by atoms with E-state index in [0.29, 0.717) is 11.1 Å². The molecule has 0 radical (unpaired) electrons. The molecule has 0 amide bonds. The van der Waals surface area contributed by atoms with Gasteiger partial charge in [0, 0.05) is 0 Å². The molecule has 2 fully saturated rings. The third kappa shape index (κ3) is 1.45. The zero-order chi connectivity index (χ0) is 10.5. The van der Waals surface area contributed by atoms with E-state index >= 15 is 0 Å². The maximum Gasteiger partial charge on any atom is 0.211 e. The minimum Gasteiger partial charge on any atom is -0.388 e. The van der Waals surface area contributed by atoms with Gasteiger partial charge in [-0.05, 0) is 0 Å². The fourth-order valence-corrected chi connectivity index (χ4v) is 2.31. The molecule has 0 aromatic carbocycles. The number of hydrogen-bond donors (Lipinski definition) is 2. The minimum absolute atomic E-state index is 0.128. The van der Waals surface area contributed by atoms with Crippen molar-refractivity contribution >= 4 is 0 Å². The van der Waals surface area contributed by atoms with Crippen molar-refractivity contribution in [3.05, 3.63) is 0 Å². The molecular weight excluding hydrogens is 186 g/mol. The van der Waals surface area contributed by atoms with Gasteiger partial charge in [0.1, 0.15) is 18.3 Å². The number of nitrogens with zero attached hydrogens (tertiary/aromatic N) is 1. The zero-order valence-electron chi connectivity index (χ0n) is 8.75. The molecule has 82 valence electrons. The van der Waals surface area contributed by atoms with E-state index in [-0.39, 0.29) is 18.2 Å². The summed E-state index contributed by atoms with van der Waals surface area (Å²) in [5, 5.41) is 19.3. The van der Waals surface area contributed by atoms with Crippen molar-refractivity contribution in [2.45, 2.75) is 30.6 Å². The van der Waals surface area contributed by atoms with Gasteiger partial charge in [-0.1, -0.05) is 0 Å². The molecule has 2 unspecified atom stereocenters. The number of aliphatic hydroxyl groups is 2. The molecule has 2 N–H and O–H groups in total. The summed E-state index contributed by atoms with van der Waals surface area (Å²) in [5.41, 5.74) is 0. The van der Waals surface area contributed by atoms with Crippen LogP contribution in [0.2, 0.25) is 0 Å². The number of ether oxygens (including phenoxy) is 2. The highest BCUT2D eigenvalue weighted by atomic mass is 16.7. The summed E-state index contributed by atoms with van der Waals surface area (Å²) in [6.07, 6.45) is -2.02. The van der Waals surface area contributed by atoms with Crippen LogP contribution in [0.1, 0.15) is 0 Å². The largest absolute Gasteiger partial charge is 0.388 e. The van der Waals surface area contributed by atoms with Crippen LogP contribution in [-0.2, 0) is 9.47 Å². The summed E-state index contributed by atoms with van der Waals surface area (Å²) < 4.78 is 11.3. The average Bonchev–Trinajstić information content (AvgIpc) is 2.49. The summed E-state index contributed by atoms with van der Waals surface area (Å²) in [6.45, 7) is 0.304. The first-order valence-corrected chi connectivity index (χ1v) is 4.85. The molecule has 0 aromatic rings. The van der Waals surface area contributed by atoms with Crippen molar-refractivity contribution in [3.8, 4) is 0 Å². The maximum absolute atomic E-state index is 9.72. The summed E-state index contributed by atoms with van der Waals surface area (Å²) in [5.74, 6) is 0. The fourth-order valence-electron chi connectivity index (χ4n) is 2.31. The molecule has 0 bridgehead atoms. The van der Waals surface area contributed by atoms with Crippen molar-refractivity contribution in [1.82, 2.24) is 0 Å². The van der Waals surface area contributed by atoms with Crippen LogP contribution >= 0.6 is 0 Å². The quantitative estimate of drug-likeness (QED) is 0.512. The Morgan fingerprint density at radius 1 is 1.14 bits per heavy atom. The Bertz CT molecular complexity index is 227. The Morgan fingerprint density at radius 2 is 1.79 bits per heavy atom. The van der Waals surface area contributed by atoms with Crippen LogP contribution in [0.4, 0.5) is 0 Å². The molecule has 5 heteroatoms. The van der Waals surface area contributed by atoms with E-state index in [1.165, 1.54) is 0 Å². The Morgan fingerprint density at radius 3 is 2.36 bits per heavy atom. The van der Waals surface area contributed by atoms with E-state index in [4.69, 9.17) is 9.47 Å². The van der Waals surface area contributed by atoms with Gasteiger partial charge in [0.25, 0.3) is 0 Å². The molecule has 2 heterocycles. The van der Waals surface area contributed by atoms with Gasteiger partial charge in [-0.15, -0.1) is 0 Å². The second kappa shape index (κ2) is 3.15. The third-order valence-electron chi connectivity index (χ3n) is 2.98. The Balaban J connectivity index is 2.19. The number of fused-ring (bicyclic) bond motifs is 1. The van der Waals surface area contributed by atoms with Crippen molar-refractivity contribution in [1.29, 1.82) is 0 Å². The normalized spacial score (nSPS) is 48.2. The van der Waals surface area contributed by atoms with Gasteiger partial charge in [-0.25, -0.2) is 0 Å². The molecule has 5 nitrogen and oxygen atoms in total. The smallest absolute Gasteiger partial charge is 0.211 e. The van der Waals surface area contributed by atoms with Gasteiger partial charge < -0.3 is 24.2 Å². The van der Waals surface area contributed by atoms with Crippen molar-refractivity contribution in [2.24, 2.45) is 0 Å². The molecule has 2 aliphatic rings. The summed E-state index contributed by atoms with van der Waals surface area (Å²) in [6, 6.07) is -0.128. The molecular formula is C9H18NO4+. The molecule has 2 rings (SSSR count).